The van der Waals surface area contributed by atoms with Gasteiger partial charge in [0.25, 0.3) is 0 Å². The second-order valence-corrected chi connectivity index (χ2v) is 5.05. The van der Waals surface area contributed by atoms with Crippen molar-refractivity contribution in [2.24, 2.45) is 0 Å². The summed E-state index contributed by atoms with van der Waals surface area (Å²) in [7, 11) is 1.46. The summed E-state index contributed by atoms with van der Waals surface area (Å²) in [6, 6.07) is 5.81. The molecule has 1 rings (SSSR count). The molecule has 0 saturated heterocycles. The minimum Gasteiger partial charge on any atom is -0.391 e. The zero-order valence-corrected chi connectivity index (χ0v) is 12.8. The Morgan fingerprint density at radius 3 is 2.70 bits per heavy atom. The number of hydrogen-bond acceptors (Lipinski definition) is 3. The van der Waals surface area contributed by atoms with Crippen molar-refractivity contribution in [1.82, 2.24) is 5.32 Å². The zero-order valence-electron chi connectivity index (χ0n) is 12.8. The number of anilines is 1. The number of ether oxygens (including phenoxy) is 1. The summed E-state index contributed by atoms with van der Waals surface area (Å²) >= 11 is 0. The fourth-order valence-electron chi connectivity index (χ4n) is 1.93. The molecule has 0 aromatic heterocycles. The highest BCUT2D eigenvalue weighted by Gasteiger charge is 2.26. The highest BCUT2D eigenvalue weighted by molar-refractivity contribution is 5.90. The van der Waals surface area contributed by atoms with Crippen molar-refractivity contribution in [1.29, 1.82) is 0 Å². The van der Waals surface area contributed by atoms with Gasteiger partial charge in [0.15, 0.2) is 0 Å². The number of carbonyl (C=O) groups is 1. The fraction of sp³-hybridized carbons (Fsp3) is 0.533. The topological polar surface area (TPSA) is 70.6 Å². The van der Waals surface area contributed by atoms with E-state index in [1.54, 1.807) is 24.3 Å². The van der Waals surface area contributed by atoms with Crippen LogP contribution in [-0.4, -0.2) is 43.7 Å². The summed E-state index contributed by atoms with van der Waals surface area (Å²) in [6.07, 6.45) is -5.76. The smallest absolute Gasteiger partial charge is 0.389 e. The van der Waals surface area contributed by atoms with Crippen molar-refractivity contribution in [3.05, 3.63) is 29.8 Å². The number of benzene rings is 1. The molecule has 0 heterocycles. The lowest BCUT2D eigenvalue weighted by molar-refractivity contribution is -0.133. The molecule has 0 spiro atoms. The fourth-order valence-corrected chi connectivity index (χ4v) is 1.93. The van der Waals surface area contributed by atoms with Crippen LogP contribution < -0.4 is 10.6 Å². The van der Waals surface area contributed by atoms with Crippen LogP contribution in [0.1, 0.15) is 18.4 Å². The number of methoxy groups -OCH3 is 1. The number of halogens is 3. The van der Waals surface area contributed by atoms with E-state index >= 15 is 0 Å². The zero-order chi connectivity index (χ0) is 17.3. The highest BCUT2D eigenvalue weighted by Crippen LogP contribution is 2.25. The summed E-state index contributed by atoms with van der Waals surface area (Å²) in [5.74, 6) is 0. The molecular formula is C15H21F3N2O3. The molecule has 0 bridgehead atoms. The third kappa shape index (κ3) is 8.41. The van der Waals surface area contributed by atoms with Crippen LogP contribution >= 0.6 is 0 Å². The Morgan fingerprint density at radius 1 is 1.35 bits per heavy atom. The maximum absolute atomic E-state index is 12.3. The third-order valence-corrected chi connectivity index (χ3v) is 3.07. The van der Waals surface area contributed by atoms with E-state index in [1.165, 1.54) is 7.11 Å². The molecular weight excluding hydrogens is 313 g/mol. The molecule has 0 saturated carbocycles. The van der Waals surface area contributed by atoms with Gasteiger partial charge < -0.3 is 20.5 Å². The van der Waals surface area contributed by atoms with Gasteiger partial charge in [-0.1, -0.05) is 18.2 Å². The number of rotatable bonds is 8. The average Bonchev–Trinajstić information content (AvgIpc) is 2.46. The van der Waals surface area contributed by atoms with Crippen molar-refractivity contribution in [2.45, 2.75) is 31.5 Å². The number of urea groups is 1. The van der Waals surface area contributed by atoms with Gasteiger partial charge in [-0.25, -0.2) is 4.79 Å². The largest absolute Gasteiger partial charge is 0.391 e. The first kappa shape index (κ1) is 19.2. The molecule has 0 aliphatic heterocycles. The van der Waals surface area contributed by atoms with E-state index in [1.807, 2.05) is 0 Å². The third-order valence-electron chi connectivity index (χ3n) is 3.07. The van der Waals surface area contributed by atoms with Crippen LogP contribution in [0.4, 0.5) is 23.7 Å². The Morgan fingerprint density at radius 2 is 2.04 bits per heavy atom. The maximum Gasteiger partial charge on any atom is 0.389 e. The molecule has 0 aliphatic carbocycles. The number of amides is 2. The number of nitrogens with one attached hydrogen (secondary N) is 2. The molecule has 1 atom stereocenters. The number of hydrogen-bond donors (Lipinski definition) is 3. The molecule has 1 aromatic rings. The molecule has 0 fully saturated rings. The molecule has 1 aromatic carbocycles. The van der Waals surface area contributed by atoms with Gasteiger partial charge in [0.05, 0.1) is 12.7 Å². The van der Waals surface area contributed by atoms with E-state index in [4.69, 9.17) is 4.74 Å². The second kappa shape index (κ2) is 9.36. The van der Waals surface area contributed by atoms with Crippen LogP contribution in [0.5, 0.6) is 0 Å². The second-order valence-electron chi connectivity index (χ2n) is 5.05. The number of para-hydroxylation sites is 1. The summed E-state index contributed by atoms with van der Waals surface area (Å²) in [4.78, 5) is 11.7. The molecule has 8 heteroatoms. The summed E-state index contributed by atoms with van der Waals surface area (Å²) in [6.45, 7) is 0.394. The van der Waals surface area contributed by atoms with Gasteiger partial charge in [0, 0.05) is 25.8 Å². The van der Waals surface area contributed by atoms with Crippen LogP contribution in [0.2, 0.25) is 0 Å². The van der Waals surface area contributed by atoms with Gasteiger partial charge in [0.1, 0.15) is 0 Å². The quantitative estimate of drug-likeness (QED) is 0.684. The first-order valence-corrected chi connectivity index (χ1v) is 7.18. The Bertz CT molecular complexity index is 495. The van der Waals surface area contributed by atoms with Gasteiger partial charge >= 0.3 is 12.2 Å². The molecule has 2 amide bonds. The number of carbonyl (C=O) groups excluding carboxylic acids is 1. The van der Waals surface area contributed by atoms with E-state index in [9.17, 15) is 23.1 Å². The number of aryl methyl sites for hydroxylation is 1. The lowest BCUT2D eigenvalue weighted by atomic mass is 10.1. The number of aliphatic hydroxyl groups is 1. The maximum atomic E-state index is 12.3. The SMILES string of the molecule is COCC(O)CCNC(=O)Nc1ccccc1CCC(F)(F)F. The van der Waals surface area contributed by atoms with Crippen molar-refractivity contribution in [3.63, 3.8) is 0 Å². The predicted octanol–water partition coefficient (Wildman–Crippen LogP) is 2.70. The van der Waals surface area contributed by atoms with E-state index in [0.717, 1.165) is 0 Å². The van der Waals surface area contributed by atoms with Crippen LogP contribution in [0.15, 0.2) is 24.3 Å². The first-order valence-electron chi connectivity index (χ1n) is 7.18. The Kier molecular flexibility index (Phi) is 7.84. The molecule has 23 heavy (non-hydrogen) atoms. The van der Waals surface area contributed by atoms with Crippen molar-refractivity contribution < 1.29 is 27.8 Å². The molecule has 3 N–H and O–H groups in total. The summed E-state index contributed by atoms with van der Waals surface area (Å²) in [5, 5.41) is 14.5. The minimum absolute atomic E-state index is 0.170. The molecule has 0 radical (unpaired) electrons. The Balaban J connectivity index is 2.48. The first-order chi connectivity index (χ1) is 10.8. The highest BCUT2D eigenvalue weighted by atomic mass is 19.4. The van der Waals surface area contributed by atoms with Gasteiger partial charge in [0.2, 0.25) is 0 Å². The van der Waals surface area contributed by atoms with Gasteiger partial charge in [-0.2, -0.15) is 13.2 Å². The molecule has 130 valence electrons. The van der Waals surface area contributed by atoms with Crippen LogP contribution in [0.25, 0.3) is 0 Å². The van der Waals surface area contributed by atoms with Crippen LogP contribution in [0.3, 0.4) is 0 Å². The van der Waals surface area contributed by atoms with Crippen molar-refractivity contribution >= 4 is 11.7 Å². The minimum atomic E-state index is -4.24. The van der Waals surface area contributed by atoms with Crippen LogP contribution in [0, 0.1) is 0 Å². The number of alkyl halides is 3. The van der Waals surface area contributed by atoms with Crippen molar-refractivity contribution in [2.75, 3.05) is 25.6 Å². The normalized spacial score (nSPS) is 12.7. The van der Waals surface area contributed by atoms with E-state index in [0.29, 0.717) is 17.7 Å². The number of aliphatic hydroxyl groups excluding tert-OH is 1. The summed E-state index contributed by atoms with van der Waals surface area (Å²) < 4.78 is 41.7. The predicted molar refractivity (Wildman–Crippen MR) is 80.3 cm³/mol. The van der Waals surface area contributed by atoms with Crippen LogP contribution in [-0.2, 0) is 11.2 Å². The average molecular weight is 334 g/mol. The van der Waals surface area contributed by atoms with E-state index in [-0.39, 0.29) is 19.6 Å². The standard InChI is InChI=1S/C15H21F3N2O3/c1-23-10-12(21)7-9-19-14(22)20-13-5-3-2-4-11(13)6-8-15(16,17)18/h2-5,12,21H,6-10H2,1H3,(H2,19,20,22). The molecule has 1 unspecified atom stereocenters. The summed E-state index contributed by atoms with van der Waals surface area (Å²) in [5.41, 5.74) is 0.756. The Labute approximate surface area is 132 Å². The van der Waals surface area contributed by atoms with Gasteiger partial charge in [-0.3, -0.25) is 0 Å². The monoisotopic (exact) mass is 334 g/mol. The molecule has 5 nitrogen and oxygen atoms in total. The van der Waals surface area contributed by atoms with Crippen molar-refractivity contribution in [3.8, 4) is 0 Å². The van der Waals surface area contributed by atoms with E-state index in [2.05, 4.69) is 10.6 Å². The Hall–Kier alpha value is -1.80. The lowest BCUT2D eigenvalue weighted by Crippen LogP contribution is -2.32. The van der Waals surface area contributed by atoms with Gasteiger partial charge in [-0.05, 0) is 24.5 Å². The molecule has 0 aliphatic rings. The van der Waals surface area contributed by atoms with E-state index < -0.39 is 24.7 Å². The lowest BCUT2D eigenvalue weighted by Gasteiger charge is -2.14. The van der Waals surface area contributed by atoms with Gasteiger partial charge in [-0.15, -0.1) is 0 Å².